The van der Waals surface area contributed by atoms with E-state index in [0.29, 0.717) is 17.0 Å². The first kappa shape index (κ1) is 17.5. The maximum absolute atomic E-state index is 13.6. The SMILES string of the molecule is O=C(NCCF)n1ccc(-c2ccc(Oc3ccc(F)cc3F)cc2)n1. The molecule has 8 heteroatoms. The van der Waals surface area contributed by atoms with E-state index in [1.165, 1.54) is 12.3 Å². The number of amides is 1. The molecule has 1 amide bonds. The molecule has 1 aromatic heterocycles. The molecular weight excluding hydrogens is 347 g/mol. The zero-order chi connectivity index (χ0) is 18.5. The van der Waals surface area contributed by atoms with Gasteiger partial charge in [0.25, 0.3) is 0 Å². The minimum atomic E-state index is -0.799. The number of aromatic nitrogens is 2. The van der Waals surface area contributed by atoms with Crippen LogP contribution >= 0.6 is 0 Å². The van der Waals surface area contributed by atoms with Crippen molar-refractivity contribution < 1.29 is 22.7 Å². The van der Waals surface area contributed by atoms with Gasteiger partial charge in [-0.15, -0.1) is 0 Å². The smallest absolute Gasteiger partial charge is 0.342 e. The highest BCUT2D eigenvalue weighted by Gasteiger charge is 2.09. The third kappa shape index (κ3) is 4.02. The van der Waals surface area contributed by atoms with E-state index in [2.05, 4.69) is 10.4 Å². The summed E-state index contributed by atoms with van der Waals surface area (Å²) in [5.74, 6) is -1.21. The van der Waals surface area contributed by atoms with Crippen LogP contribution in [0.4, 0.5) is 18.0 Å². The van der Waals surface area contributed by atoms with Crippen LogP contribution in [0.5, 0.6) is 11.5 Å². The third-order valence-electron chi connectivity index (χ3n) is 3.44. The Morgan fingerprint density at radius 3 is 2.58 bits per heavy atom. The Hall–Kier alpha value is -3.29. The molecule has 26 heavy (non-hydrogen) atoms. The standard InChI is InChI=1S/C18H14F3N3O2/c19-8-9-22-18(25)24-10-7-16(23-24)12-1-4-14(5-2-12)26-17-6-3-13(20)11-15(17)21/h1-7,10-11H,8-9H2,(H,22,25). The third-order valence-corrected chi connectivity index (χ3v) is 3.44. The Morgan fingerprint density at radius 1 is 1.12 bits per heavy atom. The molecule has 0 unspecified atom stereocenters. The van der Waals surface area contributed by atoms with Gasteiger partial charge < -0.3 is 10.1 Å². The number of hydrogen-bond donors (Lipinski definition) is 1. The molecule has 0 bridgehead atoms. The maximum atomic E-state index is 13.6. The summed E-state index contributed by atoms with van der Waals surface area (Å²) >= 11 is 0. The van der Waals surface area contributed by atoms with Gasteiger partial charge in [0.15, 0.2) is 11.6 Å². The second kappa shape index (κ2) is 7.73. The number of carbonyl (C=O) groups is 1. The van der Waals surface area contributed by atoms with Gasteiger partial charge >= 0.3 is 6.03 Å². The van der Waals surface area contributed by atoms with E-state index in [1.807, 2.05) is 0 Å². The van der Waals surface area contributed by atoms with Gasteiger partial charge in [0, 0.05) is 24.4 Å². The summed E-state index contributed by atoms with van der Waals surface area (Å²) in [6, 6.07) is 10.7. The monoisotopic (exact) mass is 361 g/mol. The van der Waals surface area contributed by atoms with Crippen LogP contribution in [0.3, 0.4) is 0 Å². The molecule has 3 rings (SSSR count). The molecule has 0 atom stereocenters. The van der Waals surface area contributed by atoms with Crippen molar-refractivity contribution in [3.8, 4) is 22.8 Å². The Bertz CT molecular complexity index is 910. The van der Waals surface area contributed by atoms with Crippen LogP contribution in [0, 0.1) is 11.6 Å². The molecule has 134 valence electrons. The number of rotatable bonds is 5. The van der Waals surface area contributed by atoms with E-state index in [9.17, 15) is 18.0 Å². The summed E-state index contributed by atoms with van der Waals surface area (Å²) in [4.78, 5) is 11.7. The van der Waals surface area contributed by atoms with Gasteiger partial charge in [-0.3, -0.25) is 0 Å². The number of ether oxygens (including phenoxy) is 1. The molecule has 2 aromatic carbocycles. The van der Waals surface area contributed by atoms with Crippen molar-refractivity contribution in [2.75, 3.05) is 13.2 Å². The molecule has 0 saturated carbocycles. The minimum Gasteiger partial charge on any atom is -0.454 e. The molecule has 0 spiro atoms. The molecule has 0 aliphatic rings. The van der Waals surface area contributed by atoms with Crippen LogP contribution in [0.1, 0.15) is 0 Å². The van der Waals surface area contributed by atoms with Crippen LogP contribution in [0.2, 0.25) is 0 Å². The van der Waals surface area contributed by atoms with Crippen molar-refractivity contribution in [1.29, 1.82) is 0 Å². The van der Waals surface area contributed by atoms with E-state index in [-0.39, 0.29) is 12.3 Å². The highest BCUT2D eigenvalue weighted by Crippen LogP contribution is 2.27. The molecule has 1 heterocycles. The normalized spacial score (nSPS) is 10.6. The molecule has 0 saturated heterocycles. The fraction of sp³-hybridized carbons (Fsp3) is 0.111. The number of nitrogens with one attached hydrogen (secondary N) is 1. The van der Waals surface area contributed by atoms with Crippen molar-refractivity contribution in [3.05, 3.63) is 66.4 Å². The van der Waals surface area contributed by atoms with E-state index in [1.54, 1.807) is 30.3 Å². The molecule has 0 fully saturated rings. The van der Waals surface area contributed by atoms with Crippen LogP contribution in [0.25, 0.3) is 11.3 Å². The van der Waals surface area contributed by atoms with E-state index in [4.69, 9.17) is 4.74 Å². The highest BCUT2D eigenvalue weighted by atomic mass is 19.1. The van der Waals surface area contributed by atoms with E-state index < -0.39 is 24.3 Å². The maximum Gasteiger partial charge on any atom is 0.342 e. The van der Waals surface area contributed by atoms with Crippen molar-refractivity contribution in [2.45, 2.75) is 0 Å². The largest absolute Gasteiger partial charge is 0.454 e. The van der Waals surface area contributed by atoms with Crippen molar-refractivity contribution >= 4 is 6.03 Å². The Labute approximate surface area is 147 Å². The van der Waals surface area contributed by atoms with Gasteiger partial charge in [-0.2, -0.15) is 9.78 Å². The van der Waals surface area contributed by atoms with Crippen molar-refractivity contribution in [1.82, 2.24) is 15.1 Å². The Kier molecular flexibility index (Phi) is 5.21. The zero-order valence-electron chi connectivity index (χ0n) is 13.5. The first-order valence-corrected chi connectivity index (χ1v) is 7.70. The lowest BCUT2D eigenvalue weighted by Gasteiger charge is -2.07. The van der Waals surface area contributed by atoms with Gasteiger partial charge in [-0.05, 0) is 42.5 Å². The Balaban J connectivity index is 1.71. The first-order chi connectivity index (χ1) is 12.6. The average Bonchev–Trinajstić information content (AvgIpc) is 3.13. The average molecular weight is 361 g/mol. The van der Waals surface area contributed by atoms with Crippen LogP contribution in [0.15, 0.2) is 54.7 Å². The number of hydrogen-bond acceptors (Lipinski definition) is 3. The van der Waals surface area contributed by atoms with Crippen LogP contribution < -0.4 is 10.1 Å². The Morgan fingerprint density at radius 2 is 1.88 bits per heavy atom. The lowest BCUT2D eigenvalue weighted by Crippen LogP contribution is -2.30. The number of benzene rings is 2. The predicted octanol–water partition coefficient (Wildman–Crippen LogP) is 4.15. The number of halogens is 3. The summed E-state index contributed by atoms with van der Waals surface area (Å²) in [5.41, 5.74) is 1.23. The second-order valence-electron chi connectivity index (χ2n) is 5.27. The molecule has 5 nitrogen and oxygen atoms in total. The lowest BCUT2D eigenvalue weighted by atomic mass is 10.1. The first-order valence-electron chi connectivity index (χ1n) is 7.70. The highest BCUT2D eigenvalue weighted by molar-refractivity contribution is 5.76. The fourth-order valence-corrected chi connectivity index (χ4v) is 2.20. The molecule has 0 radical (unpaired) electrons. The van der Waals surface area contributed by atoms with Crippen molar-refractivity contribution in [3.63, 3.8) is 0 Å². The summed E-state index contributed by atoms with van der Waals surface area (Å²) in [6.45, 7) is -0.740. The number of nitrogens with zero attached hydrogens (tertiary/aromatic N) is 2. The number of alkyl halides is 1. The molecule has 0 aliphatic heterocycles. The molecule has 0 aliphatic carbocycles. The summed E-state index contributed by atoms with van der Waals surface area (Å²) in [5, 5.41) is 6.47. The van der Waals surface area contributed by atoms with E-state index in [0.717, 1.165) is 16.8 Å². The summed E-state index contributed by atoms with van der Waals surface area (Å²) in [7, 11) is 0. The van der Waals surface area contributed by atoms with Gasteiger partial charge in [0.2, 0.25) is 0 Å². The number of carbonyl (C=O) groups excluding carboxylic acids is 1. The van der Waals surface area contributed by atoms with Gasteiger partial charge in [-0.25, -0.2) is 18.0 Å². The van der Waals surface area contributed by atoms with Crippen LogP contribution in [-0.2, 0) is 0 Å². The van der Waals surface area contributed by atoms with Gasteiger partial charge in [-0.1, -0.05) is 0 Å². The summed E-state index contributed by atoms with van der Waals surface area (Å²) in [6.07, 6.45) is 1.46. The molecule has 3 aromatic rings. The fourth-order valence-electron chi connectivity index (χ4n) is 2.20. The minimum absolute atomic E-state index is 0.0833. The zero-order valence-corrected chi connectivity index (χ0v) is 13.5. The molecular formula is C18H14F3N3O2. The van der Waals surface area contributed by atoms with Crippen molar-refractivity contribution in [2.24, 2.45) is 0 Å². The predicted molar refractivity (Wildman–Crippen MR) is 88.9 cm³/mol. The second-order valence-corrected chi connectivity index (χ2v) is 5.27. The summed E-state index contributed by atoms with van der Waals surface area (Å²) < 4.78 is 45.0. The van der Waals surface area contributed by atoms with Crippen LogP contribution in [-0.4, -0.2) is 29.0 Å². The van der Waals surface area contributed by atoms with Gasteiger partial charge in [0.05, 0.1) is 5.69 Å². The van der Waals surface area contributed by atoms with Gasteiger partial charge in [0.1, 0.15) is 18.2 Å². The van der Waals surface area contributed by atoms with E-state index >= 15 is 0 Å². The lowest BCUT2D eigenvalue weighted by molar-refractivity contribution is 0.238. The topological polar surface area (TPSA) is 56.2 Å². The molecule has 1 N–H and O–H groups in total. The quantitative estimate of drug-likeness (QED) is 0.743.